The fourth-order valence-corrected chi connectivity index (χ4v) is 3.95. The Bertz CT molecular complexity index is 231. The van der Waals surface area contributed by atoms with Crippen LogP contribution in [0.4, 0.5) is 0 Å². The van der Waals surface area contributed by atoms with Crippen molar-refractivity contribution in [2.24, 2.45) is 11.7 Å². The molecule has 1 heterocycles. The molecule has 3 heteroatoms. The van der Waals surface area contributed by atoms with E-state index in [2.05, 4.69) is 11.8 Å². The van der Waals surface area contributed by atoms with Crippen molar-refractivity contribution in [3.63, 3.8) is 0 Å². The summed E-state index contributed by atoms with van der Waals surface area (Å²) in [6.07, 6.45) is 11.4. The van der Waals surface area contributed by atoms with Gasteiger partial charge >= 0.3 is 0 Å². The molecule has 2 fully saturated rings. The maximum Gasteiger partial charge on any atom is 0.0599 e. The summed E-state index contributed by atoms with van der Waals surface area (Å²) >= 11 is 0. The van der Waals surface area contributed by atoms with E-state index in [9.17, 15) is 0 Å². The first-order valence-electron chi connectivity index (χ1n) is 8.40. The van der Waals surface area contributed by atoms with Gasteiger partial charge in [-0.1, -0.05) is 25.7 Å². The van der Waals surface area contributed by atoms with E-state index in [1.165, 1.54) is 64.5 Å². The molecule has 1 aliphatic heterocycles. The quantitative estimate of drug-likeness (QED) is 0.779. The van der Waals surface area contributed by atoms with Crippen LogP contribution in [0.1, 0.15) is 58.3 Å². The van der Waals surface area contributed by atoms with Crippen LogP contribution >= 0.6 is 0 Å². The van der Waals surface area contributed by atoms with E-state index in [4.69, 9.17) is 10.5 Å². The number of hydrogen-bond acceptors (Lipinski definition) is 3. The van der Waals surface area contributed by atoms with Crippen LogP contribution in [0, 0.1) is 5.92 Å². The number of ether oxygens (including phenoxy) is 1. The van der Waals surface area contributed by atoms with Crippen LogP contribution in [-0.4, -0.2) is 43.3 Å². The molecule has 0 aromatic heterocycles. The molecule has 112 valence electrons. The van der Waals surface area contributed by atoms with Crippen LogP contribution < -0.4 is 5.73 Å². The lowest BCUT2D eigenvalue weighted by molar-refractivity contribution is -0.00358. The summed E-state index contributed by atoms with van der Waals surface area (Å²) in [7, 11) is 0. The Hall–Kier alpha value is -0.120. The van der Waals surface area contributed by atoms with Crippen LogP contribution in [-0.2, 0) is 4.74 Å². The Balaban J connectivity index is 1.84. The normalized spacial score (nSPS) is 26.2. The average molecular weight is 268 g/mol. The molecule has 0 spiro atoms. The van der Waals surface area contributed by atoms with E-state index in [-0.39, 0.29) is 0 Å². The largest absolute Gasteiger partial charge is 0.378 e. The molecule has 3 nitrogen and oxygen atoms in total. The van der Waals surface area contributed by atoms with Crippen molar-refractivity contribution in [2.75, 3.05) is 26.2 Å². The Kier molecular flexibility index (Phi) is 6.62. The van der Waals surface area contributed by atoms with Gasteiger partial charge in [-0.25, -0.2) is 0 Å². The highest BCUT2D eigenvalue weighted by atomic mass is 16.5. The van der Waals surface area contributed by atoms with Crippen LogP contribution in [0.15, 0.2) is 0 Å². The first-order chi connectivity index (χ1) is 9.35. The summed E-state index contributed by atoms with van der Waals surface area (Å²) in [6.45, 7) is 6.16. The third-order valence-corrected chi connectivity index (χ3v) is 5.03. The minimum atomic E-state index is 0.494. The van der Waals surface area contributed by atoms with Gasteiger partial charge in [0.05, 0.1) is 6.10 Å². The molecule has 0 amide bonds. The molecule has 2 N–H and O–H groups in total. The number of likely N-dealkylation sites (tertiary alicyclic amines) is 1. The summed E-state index contributed by atoms with van der Waals surface area (Å²) in [4.78, 5) is 2.66. The van der Waals surface area contributed by atoms with Crippen molar-refractivity contribution in [3.05, 3.63) is 0 Å². The summed E-state index contributed by atoms with van der Waals surface area (Å²) in [6, 6.07) is 0.626. The molecule has 1 unspecified atom stereocenters. The molecule has 2 rings (SSSR count). The molecule has 1 saturated carbocycles. The number of hydrogen-bond donors (Lipinski definition) is 1. The van der Waals surface area contributed by atoms with E-state index in [0.717, 1.165) is 19.1 Å². The molecular weight excluding hydrogens is 236 g/mol. The van der Waals surface area contributed by atoms with Crippen LogP contribution in [0.2, 0.25) is 0 Å². The molecule has 1 saturated heterocycles. The maximum atomic E-state index is 6.11. The zero-order valence-electron chi connectivity index (χ0n) is 12.7. The Morgan fingerprint density at radius 1 is 1.05 bits per heavy atom. The minimum Gasteiger partial charge on any atom is -0.378 e. The summed E-state index contributed by atoms with van der Waals surface area (Å²) in [5.74, 6) is 0.844. The SMILES string of the molecule is CCOC1CCN(C(CN)C2CCCCCC2)CC1. The highest BCUT2D eigenvalue weighted by Crippen LogP contribution is 2.29. The lowest BCUT2D eigenvalue weighted by Crippen LogP contribution is -2.50. The van der Waals surface area contributed by atoms with Gasteiger partial charge in [0.15, 0.2) is 0 Å². The van der Waals surface area contributed by atoms with E-state index in [1.54, 1.807) is 0 Å². The Morgan fingerprint density at radius 3 is 2.21 bits per heavy atom. The predicted octanol–water partition coefficient (Wildman–Crippen LogP) is 2.79. The number of nitrogens with zero attached hydrogens (tertiary/aromatic N) is 1. The number of rotatable bonds is 5. The summed E-state index contributed by atoms with van der Waals surface area (Å²) in [5, 5.41) is 0. The maximum absolute atomic E-state index is 6.11. The lowest BCUT2D eigenvalue weighted by atomic mass is 9.89. The van der Waals surface area contributed by atoms with E-state index >= 15 is 0 Å². The van der Waals surface area contributed by atoms with Crippen molar-refractivity contribution in [1.82, 2.24) is 4.90 Å². The van der Waals surface area contributed by atoms with Crippen molar-refractivity contribution < 1.29 is 4.74 Å². The third-order valence-electron chi connectivity index (χ3n) is 5.03. The van der Waals surface area contributed by atoms with Crippen LogP contribution in [0.5, 0.6) is 0 Å². The Labute approximate surface area is 118 Å². The van der Waals surface area contributed by atoms with Gasteiger partial charge in [0.2, 0.25) is 0 Å². The highest BCUT2D eigenvalue weighted by Gasteiger charge is 2.30. The molecule has 1 aliphatic carbocycles. The van der Waals surface area contributed by atoms with Gasteiger partial charge in [-0.3, -0.25) is 4.90 Å². The van der Waals surface area contributed by atoms with Gasteiger partial charge in [-0.15, -0.1) is 0 Å². The standard InChI is InChI=1S/C16H32N2O/c1-2-19-15-9-11-18(12-10-15)16(13-17)14-7-5-3-4-6-8-14/h14-16H,2-13,17H2,1H3. The zero-order chi connectivity index (χ0) is 13.5. The minimum absolute atomic E-state index is 0.494. The fourth-order valence-electron chi connectivity index (χ4n) is 3.95. The molecule has 0 bridgehead atoms. The van der Waals surface area contributed by atoms with Gasteiger partial charge < -0.3 is 10.5 Å². The van der Waals surface area contributed by atoms with Crippen LogP contribution in [0.25, 0.3) is 0 Å². The second-order valence-electron chi connectivity index (χ2n) is 6.25. The molecule has 0 aromatic rings. The van der Waals surface area contributed by atoms with Gasteiger partial charge in [0.25, 0.3) is 0 Å². The molecule has 1 atom stereocenters. The highest BCUT2D eigenvalue weighted by molar-refractivity contribution is 4.85. The predicted molar refractivity (Wildman–Crippen MR) is 80.3 cm³/mol. The molecule has 19 heavy (non-hydrogen) atoms. The summed E-state index contributed by atoms with van der Waals surface area (Å²) < 4.78 is 5.75. The molecule has 0 radical (unpaired) electrons. The van der Waals surface area contributed by atoms with E-state index in [1.807, 2.05) is 0 Å². The van der Waals surface area contributed by atoms with Gasteiger partial charge in [-0.05, 0) is 38.5 Å². The second kappa shape index (κ2) is 8.23. The van der Waals surface area contributed by atoms with E-state index in [0.29, 0.717) is 12.1 Å². The first-order valence-corrected chi connectivity index (χ1v) is 8.40. The monoisotopic (exact) mass is 268 g/mol. The second-order valence-corrected chi connectivity index (χ2v) is 6.25. The molecule has 2 aliphatic rings. The third kappa shape index (κ3) is 4.44. The zero-order valence-corrected chi connectivity index (χ0v) is 12.7. The topological polar surface area (TPSA) is 38.5 Å². The van der Waals surface area contributed by atoms with Crippen molar-refractivity contribution in [2.45, 2.75) is 70.4 Å². The smallest absolute Gasteiger partial charge is 0.0599 e. The lowest BCUT2D eigenvalue weighted by Gasteiger charge is -2.40. The van der Waals surface area contributed by atoms with Gasteiger partial charge in [0, 0.05) is 32.3 Å². The van der Waals surface area contributed by atoms with Crippen molar-refractivity contribution >= 4 is 0 Å². The Morgan fingerprint density at radius 2 is 1.68 bits per heavy atom. The van der Waals surface area contributed by atoms with Gasteiger partial charge in [-0.2, -0.15) is 0 Å². The number of nitrogens with two attached hydrogens (primary N) is 1. The molecular formula is C16H32N2O. The number of piperidine rings is 1. The van der Waals surface area contributed by atoms with Crippen LogP contribution in [0.3, 0.4) is 0 Å². The van der Waals surface area contributed by atoms with E-state index < -0.39 is 0 Å². The average Bonchev–Trinajstić information content (AvgIpc) is 2.71. The summed E-state index contributed by atoms with van der Waals surface area (Å²) in [5.41, 5.74) is 6.11. The van der Waals surface area contributed by atoms with Gasteiger partial charge in [0.1, 0.15) is 0 Å². The first kappa shape index (κ1) is 15.3. The van der Waals surface area contributed by atoms with Crippen molar-refractivity contribution in [3.8, 4) is 0 Å². The van der Waals surface area contributed by atoms with Crippen molar-refractivity contribution in [1.29, 1.82) is 0 Å². The molecule has 0 aromatic carbocycles. The fraction of sp³-hybridized carbons (Fsp3) is 1.00.